The largest absolute Gasteiger partial charge is 0.494 e. The maximum atomic E-state index is 11.7. The van der Waals surface area contributed by atoms with Crippen molar-refractivity contribution in [1.29, 1.82) is 0 Å². The van der Waals surface area contributed by atoms with Gasteiger partial charge >= 0.3 is 0 Å². The van der Waals surface area contributed by atoms with E-state index >= 15 is 0 Å². The van der Waals surface area contributed by atoms with Crippen molar-refractivity contribution in [2.24, 2.45) is 0 Å². The second kappa shape index (κ2) is 5.97. The van der Waals surface area contributed by atoms with Crippen LogP contribution in [0.25, 0.3) is 16.8 Å². The minimum atomic E-state index is -0.0704. The first kappa shape index (κ1) is 13.6. The van der Waals surface area contributed by atoms with Gasteiger partial charge in [0.2, 0.25) is 0 Å². The van der Waals surface area contributed by atoms with Crippen LogP contribution in [0.5, 0.6) is 5.75 Å². The summed E-state index contributed by atoms with van der Waals surface area (Å²) in [7, 11) is 0. The number of nitrogens with one attached hydrogen (secondary N) is 2. The van der Waals surface area contributed by atoms with Crippen molar-refractivity contribution in [3.63, 3.8) is 0 Å². The summed E-state index contributed by atoms with van der Waals surface area (Å²) >= 11 is 0. The summed E-state index contributed by atoms with van der Waals surface area (Å²) < 4.78 is 5.75. The number of hydrogen-bond acceptors (Lipinski definition) is 3. The Balaban J connectivity index is 2.08. The molecule has 2 aromatic carbocycles. The quantitative estimate of drug-likeness (QED) is 0.848. The number of fused-ring (bicyclic) bond motifs is 1. The third kappa shape index (κ3) is 2.90. The molecule has 108 valence electrons. The number of amides is 1. The zero-order valence-corrected chi connectivity index (χ0v) is 12.0. The van der Waals surface area contributed by atoms with E-state index in [2.05, 4.69) is 29.9 Å². The number of hydrogen-bond donors (Lipinski definition) is 2. The second-order valence-corrected chi connectivity index (χ2v) is 5.06. The van der Waals surface area contributed by atoms with Gasteiger partial charge in [0.15, 0.2) is 0 Å². The Morgan fingerprint density at radius 2 is 2.14 bits per heavy atom. The summed E-state index contributed by atoms with van der Waals surface area (Å²) in [6.45, 7) is 3.31. The molecule has 3 rings (SSSR count). The maximum Gasteiger partial charge on any atom is 0.262 e. The van der Waals surface area contributed by atoms with Gasteiger partial charge in [0.1, 0.15) is 5.75 Å². The van der Waals surface area contributed by atoms with Gasteiger partial charge in [-0.1, -0.05) is 31.2 Å². The monoisotopic (exact) mass is 282 g/mol. The molecule has 0 unspecified atom stereocenters. The van der Waals surface area contributed by atoms with Crippen LogP contribution in [0.3, 0.4) is 0 Å². The van der Waals surface area contributed by atoms with Crippen LogP contribution >= 0.6 is 0 Å². The number of carbonyl (C=O) groups is 1. The fraction of sp³-hybridized carbons (Fsp3) is 0.235. The molecule has 0 radical (unpaired) electrons. The van der Waals surface area contributed by atoms with E-state index in [9.17, 15) is 4.79 Å². The highest BCUT2D eigenvalue weighted by atomic mass is 16.5. The van der Waals surface area contributed by atoms with E-state index in [0.717, 1.165) is 34.1 Å². The molecule has 0 aromatic heterocycles. The lowest BCUT2D eigenvalue weighted by atomic mass is 10.0. The maximum absolute atomic E-state index is 11.7. The molecule has 0 atom stereocenters. The molecule has 1 aliphatic rings. The summed E-state index contributed by atoms with van der Waals surface area (Å²) in [4.78, 5) is 11.7. The zero-order valence-electron chi connectivity index (χ0n) is 12.0. The SMILES string of the molecule is CCCOc1cc(/C=C2\CNNC2=O)c2ccccc2c1. The molecule has 0 aliphatic carbocycles. The molecular formula is C17H18N2O2. The van der Waals surface area contributed by atoms with Gasteiger partial charge in [-0.15, -0.1) is 0 Å². The number of rotatable bonds is 4. The average Bonchev–Trinajstić information content (AvgIpc) is 2.90. The van der Waals surface area contributed by atoms with Crippen molar-refractivity contribution in [3.8, 4) is 5.75 Å². The van der Waals surface area contributed by atoms with E-state index in [1.165, 1.54) is 0 Å². The molecule has 4 heteroatoms. The number of hydrazine groups is 1. The molecule has 4 nitrogen and oxygen atoms in total. The summed E-state index contributed by atoms with van der Waals surface area (Å²) in [6, 6.07) is 12.2. The predicted octanol–water partition coefficient (Wildman–Crippen LogP) is 2.65. The lowest BCUT2D eigenvalue weighted by molar-refractivity contribution is -0.116. The Morgan fingerprint density at radius 3 is 2.90 bits per heavy atom. The molecule has 0 bridgehead atoms. The van der Waals surface area contributed by atoms with Crippen molar-refractivity contribution >= 4 is 22.8 Å². The molecule has 1 saturated heterocycles. The Kier molecular flexibility index (Phi) is 3.88. The summed E-state index contributed by atoms with van der Waals surface area (Å²) in [5.41, 5.74) is 7.18. The molecular weight excluding hydrogens is 264 g/mol. The van der Waals surface area contributed by atoms with Crippen LogP contribution in [0.2, 0.25) is 0 Å². The molecule has 1 fully saturated rings. The third-order valence-corrected chi connectivity index (χ3v) is 3.44. The van der Waals surface area contributed by atoms with Crippen molar-refractivity contribution < 1.29 is 9.53 Å². The van der Waals surface area contributed by atoms with Crippen molar-refractivity contribution in [3.05, 3.63) is 47.5 Å². The Labute approximate surface area is 123 Å². The first-order valence-corrected chi connectivity index (χ1v) is 7.17. The van der Waals surface area contributed by atoms with E-state index in [-0.39, 0.29) is 5.91 Å². The molecule has 2 N–H and O–H groups in total. The minimum absolute atomic E-state index is 0.0704. The van der Waals surface area contributed by atoms with Gasteiger partial charge < -0.3 is 4.74 Å². The minimum Gasteiger partial charge on any atom is -0.494 e. The van der Waals surface area contributed by atoms with Crippen LogP contribution in [0.15, 0.2) is 42.0 Å². The standard InChI is InChI=1S/C17H18N2O2/c1-2-7-21-15-9-12-5-3-4-6-16(12)13(10-15)8-14-11-18-19-17(14)20/h3-6,8-10,18H,2,7,11H2,1H3,(H,19,20)/b14-8+. The Hall–Kier alpha value is -2.33. The average molecular weight is 282 g/mol. The number of ether oxygens (including phenoxy) is 1. The van der Waals surface area contributed by atoms with Crippen molar-refractivity contribution in [2.45, 2.75) is 13.3 Å². The van der Waals surface area contributed by atoms with Gasteiger partial charge in [-0.05, 0) is 41.0 Å². The van der Waals surface area contributed by atoms with E-state index in [1.807, 2.05) is 30.3 Å². The normalized spacial score (nSPS) is 16.4. The molecule has 1 heterocycles. The van der Waals surface area contributed by atoms with Gasteiger partial charge in [-0.3, -0.25) is 10.2 Å². The van der Waals surface area contributed by atoms with Gasteiger partial charge in [-0.2, -0.15) is 0 Å². The van der Waals surface area contributed by atoms with E-state index < -0.39 is 0 Å². The first-order valence-electron chi connectivity index (χ1n) is 7.17. The van der Waals surface area contributed by atoms with Crippen LogP contribution in [-0.4, -0.2) is 19.1 Å². The van der Waals surface area contributed by atoms with Gasteiger partial charge in [-0.25, -0.2) is 5.43 Å². The highest BCUT2D eigenvalue weighted by Gasteiger charge is 2.16. The number of carbonyl (C=O) groups excluding carboxylic acids is 1. The summed E-state index contributed by atoms with van der Waals surface area (Å²) in [5, 5.41) is 2.23. The predicted molar refractivity (Wildman–Crippen MR) is 83.9 cm³/mol. The zero-order chi connectivity index (χ0) is 14.7. The van der Waals surface area contributed by atoms with Crippen LogP contribution in [-0.2, 0) is 4.79 Å². The second-order valence-electron chi connectivity index (χ2n) is 5.06. The Morgan fingerprint density at radius 1 is 1.29 bits per heavy atom. The van der Waals surface area contributed by atoms with E-state index in [4.69, 9.17) is 4.74 Å². The smallest absolute Gasteiger partial charge is 0.262 e. The fourth-order valence-corrected chi connectivity index (χ4v) is 2.42. The van der Waals surface area contributed by atoms with Gasteiger partial charge in [0.25, 0.3) is 5.91 Å². The molecule has 0 saturated carbocycles. The van der Waals surface area contributed by atoms with Crippen LogP contribution in [0.4, 0.5) is 0 Å². The molecule has 1 amide bonds. The van der Waals surface area contributed by atoms with Crippen LogP contribution in [0.1, 0.15) is 18.9 Å². The third-order valence-electron chi connectivity index (χ3n) is 3.44. The molecule has 2 aromatic rings. The molecule has 1 aliphatic heterocycles. The molecule has 21 heavy (non-hydrogen) atoms. The van der Waals surface area contributed by atoms with E-state index in [0.29, 0.717) is 13.2 Å². The van der Waals surface area contributed by atoms with Crippen LogP contribution < -0.4 is 15.6 Å². The van der Waals surface area contributed by atoms with Gasteiger partial charge in [0.05, 0.1) is 6.61 Å². The highest BCUT2D eigenvalue weighted by Crippen LogP contribution is 2.27. The highest BCUT2D eigenvalue weighted by molar-refractivity contribution is 6.02. The fourth-order valence-electron chi connectivity index (χ4n) is 2.42. The lowest BCUT2D eigenvalue weighted by Gasteiger charge is -2.09. The summed E-state index contributed by atoms with van der Waals surface area (Å²) in [5.74, 6) is 0.771. The lowest BCUT2D eigenvalue weighted by Crippen LogP contribution is -2.25. The van der Waals surface area contributed by atoms with E-state index in [1.54, 1.807) is 0 Å². The molecule has 0 spiro atoms. The van der Waals surface area contributed by atoms with Crippen molar-refractivity contribution in [1.82, 2.24) is 10.9 Å². The van der Waals surface area contributed by atoms with Crippen molar-refractivity contribution in [2.75, 3.05) is 13.2 Å². The van der Waals surface area contributed by atoms with Crippen LogP contribution in [0, 0.1) is 0 Å². The van der Waals surface area contributed by atoms with Gasteiger partial charge in [0, 0.05) is 12.1 Å². The first-order chi connectivity index (χ1) is 10.3. The Bertz CT molecular complexity index is 707. The number of benzene rings is 2. The topological polar surface area (TPSA) is 50.4 Å². The summed E-state index contributed by atoms with van der Waals surface area (Å²) in [6.07, 6.45) is 2.89.